The number of benzene rings is 1. The van der Waals surface area contributed by atoms with Gasteiger partial charge in [0.25, 0.3) is 11.8 Å². The molecule has 1 saturated heterocycles. The average Bonchev–Trinajstić information content (AvgIpc) is 2.93. The molecule has 2 heterocycles. The van der Waals surface area contributed by atoms with Gasteiger partial charge in [0, 0.05) is 37.1 Å². The van der Waals surface area contributed by atoms with Gasteiger partial charge in [0.1, 0.15) is 11.6 Å². The van der Waals surface area contributed by atoms with Gasteiger partial charge in [0.2, 0.25) is 0 Å². The van der Waals surface area contributed by atoms with Crippen LogP contribution in [0, 0.1) is 0 Å². The van der Waals surface area contributed by atoms with Crippen molar-refractivity contribution < 1.29 is 19.1 Å². The molecule has 1 aliphatic rings. The van der Waals surface area contributed by atoms with Crippen LogP contribution in [0.5, 0.6) is 0 Å². The molecule has 1 aromatic heterocycles. The number of likely N-dealkylation sites (N-methyl/N-ethyl adjacent to an activating group) is 1. The van der Waals surface area contributed by atoms with E-state index in [0.29, 0.717) is 23.2 Å². The van der Waals surface area contributed by atoms with Gasteiger partial charge in [-0.25, -0.2) is 4.79 Å². The highest BCUT2D eigenvalue weighted by Gasteiger charge is 2.43. The zero-order valence-corrected chi connectivity index (χ0v) is 15.4. The quantitative estimate of drug-likeness (QED) is 0.839. The normalized spacial score (nSPS) is 17.9. The highest BCUT2D eigenvalue weighted by molar-refractivity contribution is 6.05. The number of carbonyl (C=O) groups is 3. The third-order valence-corrected chi connectivity index (χ3v) is 4.41. The Hall–Kier alpha value is -3.22. The summed E-state index contributed by atoms with van der Waals surface area (Å²) < 4.78 is 5.30. The van der Waals surface area contributed by atoms with Crippen molar-refractivity contribution in [3.63, 3.8) is 0 Å². The van der Waals surface area contributed by atoms with Crippen molar-refractivity contribution in [3.8, 4) is 0 Å². The second kappa shape index (κ2) is 7.19. The van der Waals surface area contributed by atoms with Gasteiger partial charge in [0.05, 0.1) is 5.56 Å². The molecule has 1 fully saturated rings. The van der Waals surface area contributed by atoms with E-state index in [1.165, 1.54) is 11.1 Å². The Labute approximate surface area is 157 Å². The fourth-order valence-corrected chi connectivity index (χ4v) is 3.00. The lowest BCUT2D eigenvalue weighted by molar-refractivity contribution is -0.148. The summed E-state index contributed by atoms with van der Waals surface area (Å²) in [5.41, 5.74) is 0.689. The molecule has 0 bridgehead atoms. The van der Waals surface area contributed by atoms with Crippen LogP contribution in [0.1, 0.15) is 41.0 Å². The number of nitrogens with zero attached hydrogens (tertiary/aromatic N) is 2. The maximum absolute atomic E-state index is 12.8. The van der Waals surface area contributed by atoms with Gasteiger partial charge in [0.15, 0.2) is 0 Å². The molecule has 1 atom stereocenters. The highest BCUT2D eigenvalue weighted by Crippen LogP contribution is 2.29. The first-order valence-corrected chi connectivity index (χ1v) is 8.58. The van der Waals surface area contributed by atoms with Crippen molar-refractivity contribution in [3.05, 3.63) is 59.9 Å². The maximum atomic E-state index is 12.8. The van der Waals surface area contributed by atoms with Gasteiger partial charge in [-0.1, -0.05) is 6.07 Å². The molecule has 0 saturated carbocycles. The zero-order valence-electron chi connectivity index (χ0n) is 15.4. The minimum atomic E-state index is -0.624. The summed E-state index contributed by atoms with van der Waals surface area (Å²) in [7, 11) is 1.58. The van der Waals surface area contributed by atoms with E-state index in [-0.39, 0.29) is 11.8 Å². The number of hydrogen-bond donors (Lipinski definition) is 1. The molecule has 1 aliphatic heterocycles. The van der Waals surface area contributed by atoms with Crippen LogP contribution >= 0.6 is 0 Å². The topological polar surface area (TPSA) is 88.6 Å². The Kier molecular flexibility index (Phi) is 4.94. The molecule has 27 heavy (non-hydrogen) atoms. The van der Waals surface area contributed by atoms with E-state index < -0.39 is 17.6 Å². The first-order chi connectivity index (χ1) is 12.8. The Morgan fingerprint density at radius 1 is 1.22 bits per heavy atom. The fraction of sp³-hybridized carbons (Fsp3) is 0.300. The molecule has 1 unspecified atom stereocenters. The van der Waals surface area contributed by atoms with Gasteiger partial charge < -0.3 is 15.0 Å². The molecule has 1 N–H and O–H groups in total. The summed E-state index contributed by atoms with van der Waals surface area (Å²) >= 11 is 0. The van der Waals surface area contributed by atoms with Gasteiger partial charge >= 0.3 is 5.97 Å². The minimum Gasteiger partial charge on any atom is -0.458 e. The Balaban J connectivity index is 1.74. The summed E-state index contributed by atoms with van der Waals surface area (Å²) in [5.74, 6) is -1.04. The molecule has 2 aromatic rings. The van der Waals surface area contributed by atoms with Crippen molar-refractivity contribution in [2.45, 2.75) is 31.9 Å². The Bertz CT molecular complexity index is 880. The Morgan fingerprint density at radius 3 is 2.59 bits per heavy atom. The van der Waals surface area contributed by atoms with Crippen LogP contribution in [0.15, 0.2) is 48.8 Å². The number of carbonyl (C=O) groups excluding carboxylic acids is 3. The molecule has 1 aromatic carbocycles. The predicted octanol–water partition coefficient (Wildman–Crippen LogP) is 2.50. The number of hydrogen-bond acceptors (Lipinski definition) is 5. The van der Waals surface area contributed by atoms with Crippen LogP contribution in [-0.4, -0.2) is 46.4 Å². The lowest BCUT2D eigenvalue weighted by Gasteiger charge is -2.22. The van der Waals surface area contributed by atoms with Crippen molar-refractivity contribution >= 4 is 23.5 Å². The van der Waals surface area contributed by atoms with Gasteiger partial charge in [-0.15, -0.1) is 0 Å². The lowest BCUT2D eigenvalue weighted by Crippen LogP contribution is -2.40. The summed E-state index contributed by atoms with van der Waals surface area (Å²) in [6, 6.07) is 9.29. The maximum Gasteiger partial charge on any atom is 0.329 e. The van der Waals surface area contributed by atoms with Crippen molar-refractivity contribution in [1.82, 2.24) is 9.88 Å². The largest absolute Gasteiger partial charge is 0.458 e. The molecule has 7 nitrogen and oxygen atoms in total. The fourth-order valence-electron chi connectivity index (χ4n) is 3.00. The summed E-state index contributed by atoms with van der Waals surface area (Å²) in [5, 5.41) is 2.74. The average molecular weight is 367 g/mol. The highest BCUT2D eigenvalue weighted by atomic mass is 16.6. The predicted molar refractivity (Wildman–Crippen MR) is 99.3 cm³/mol. The van der Waals surface area contributed by atoms with Crippen LogP contribution in [0.2, 0.25) is 0 Å². The number of pyridine rings is 1. The molecule has 140 valence electrons. The van der Waals surface area contributed by atoms with Crippen LogP contribution in [0.4, 0.5) is 5.69 Å². The summed E-state index contributed by atoms with van der Waals surface area (Å²) in [6.45, 7) is 3.63. The number of ether oxygens (including phenoxy) is 1. The van der Waals surface area contributed by atoms with E-state index in [9.17, 15) is 14.4 Å². The van der Waals surface area contributed by atoms with Gasteiger partial charge in [-0.2, -0.15) is 0 Å². The summed E-state index contributed by atoms with van der Waals surface area (Å²) in [4.78, 5) is 42.4. The molecule has 2 amide bonds. The van der Waals surface area contributed by atoms with E-state index in [0.717, 1.165) is 0 Å². The number of cyclic esters (lactones) is 1. The van der Waals surface area contributed by atoms with Crippen LogP contribution in [-0.2, 0) is 9.53 Å². The number of anilines is 1. The first kappa shape index (κ1) is 18.6. The number of nitrogens with one attached hydrogen (secondary N) is 1. The third kappa shape index (κ3) is 4.13. The van der Waals surface area contributed by atoms with Gasteiger partial charge in [-0.05, 0) is 44.2 Å². The number of amides is 2. The lowest BCUT2D eigenvalue weighted by atomic mass is 10.0. The third-order valence-electron chi connectivity index (χ3n) is 4.41. The van der Waals surface area contributed by atoms with Crippen LogP contribution < -0.4 is 5.32 Å². The summed E-state index contributed by atoms with van der Waals surface area (Å²) in [6.07, 6.45) is 3.48. The minimum absolute atomic E-state index is 0.313. The Morgan fingerprint density at radius 2 is 1.96 bits per heavy atom. The van der Waals surface area contributed by atoms with E-state index in [1.807, 2.05) is 13.8 Å². The van der Waals surface area contributed by atoms with Crippen LogP contribution in [0.25, 0.3) is 0 Å². The smallest absolute Gasteiger partial charge is 0.329 e. The molecule has 0 radical (unpaired) electrons. The second-order valence-electron chi connectivity index (χ2n) is 7.09. The van der Waals surface area contributed by atoms with Gasteiger partial charge in [-0.3, -0.25) is 14.6 Å². The van der Waals surface area contributed by atoms with Crippen molar-refractivity contribution in [2.24, 2.45) is 0 Å². The second-order valence-corrected chi connectivity index (χ2v) is 7.09. The molecule has 7 heteroatoms. The molecule has 0 spiro atoms. The van der Waals surface area contributed by atoms with E-state index in [4.69, 9.17) is 4.74 Å². The first-order valence-electron chi connectivity index (χ1n) is 8.58. The standard InChI is InChI=1S/C20H21N3O4/c1-20(2)11-16(19(26)27-20)23(3)18(25)13-6-4-8-15(10-13)22-17(24)14-7-5-9-21-12-14/h4-10,12,16H,11H2,1-3H3,(H,22,24). The SMILES string of the molecule is CN(C(=O)c1cccc(NC(=O)c2cccnc2)c1)C1CC(C)(C)OC1=O. The number of rotatable bonds is 4. The number of aromatic nitrogens is 1. The number of esters is 1. The van der Waals surface area contributed by atoms with E-state index in [2.05, 4.69) is 10.3 Å². The molecule has 3 rings (SSSR count). The molecular weight excluding hydrogens is 346 g/mol. The molecular formula is C20H21N3O4. The monoisotopic (exact) mass is 367 g/mol. The van der Waals surface area contributed by atoms with Crippen LogP contribution in [0.3, 0.4) is 0 Å². The van der Waals surface area contributed by atoms with Crippen molar-refractivity contribution in [2.75, 3.05) is 12.4 Å². The van der Waals surface area contributed by atoms with E-state index in [1.54, 1.807) is 49.6 Å². The van der Waals surface area contributed by atoms with Crippen molar-refractivity contribution in [1.29, 1.82) is 0 Å². The zero-order chi connectivity index (χ0) is 19.6. The molecule has 0 aliphatic carbocycles. The van der Waals surface area contributed by atoms with E-state index >= 15 is 0 Å².